The van der Waals surface area contributed by atoms with E-state index in [1.165, 1.54) is 11.3 Å². The van der Waals surface area contributed by atoms with Crippen molar-refractivity contribution in [2.75, 3.05) is 0 Å². The van der Waals surface area contributed by atoms with Crippen LogP contribution in [-0.4, -0.2) is 10.1 Å². The predicted octanol–water partition coefficient (Wildman–Crippen LogP) is 2.82. The molecule has 0 unspecified atom stereocenters. The van der Waals surface area contributed by atoms with Crippen LogP contribution in [0.15, 0.2) is 29.8 Å². The zero-order valence-corrected chi connectivity index (χ0v) is 9.56. The quantitative estimate of drug-likeness (QED) is 0.785. The first-order chi connectivity index (χ1) is 6.29. The molecule has 0 aliphatic heterocycles. The molecule has 14 heavy (non-hydrogen) atoms. The number of phenolic OH excluding ortho intramolecular Hbond substituents is 1. The average molecular weight is 246 g/mol. The van der Waals surface area contributed by atoms with E-state index in [-0.39, 0.29) is 17.1 Å². The van der Waals surface area contributed by atoms with Crippen molar-refractivity contribution in [3.8, 4) is 16.3 Å². The van der Waals surface area contributed by atoms with Crippen molar-refractivity contribution in [2.24, 2.45) is 0 Å². The van der Waals surface area contributed by atoms with Crippen LogP contribution in [0.3, 0.4) is 0 Å². The van der Waals surface area contributed by atoms with Crippen molar-refractivity contribution < 1.29 is 22.2 Å². The van der Waals surface area contributed by atoms with Crippen LogP contribution < -0.4 is 0 Å². The van der Waals surface area contributed by atoms with Gasteiger partial charge in [-0.3, -0.25) is 0 Å². The SMILES string of the molecule is Cc1cccc(-c2nccs2)c1O.[Mn]. The summed E-state index contributed by atoms with van der Waals surface area (Å²) in [5, 5.41) is 12.5. The molecule has 2 rings (SSSR count). The van der Waals surface area contributed by atoms with E-state index in [9.17, 15) is 5.11 Å². The zero-order chi connectivity index (χ0) is 9.26. The van der Waals surface area contributed by atoms with Crippen LogP contribution in [0.5, 0.6) is 5.75 Å². The molecule has 1 radical (unpaired) electrons. The molecular weight excluding hydrogens is 237 g/mol. The first kappa shape index (κ1) is 11.2. The van der Waals surface area contributed by atoms with Crippen LogP contribution in [-0.2, 0) is 17.1 Å². The van der Waals surface area contributed by atoms with Crippen molar-refractivity contribution in [1.29, 1.82) is 0 Å². The van der Waals surface area contributed by atoms with Gasteiger partial charge < -0.3 is 5.11 Å². The van der Waals surface area contributed by atoms with Gasteiger partial charge in [-0.1, -0.05) is 12.1 Å². The Kier molecular flexibility index (Phi) is 3.69. The summed E-state index contributed by atoms with van der Waals surface area (Å²) in [6.07, 6.45) is 1.74. The number of hydrogen-bond acceptors (Lipinski definition) is 3. The summed E-state index contributed by atoms with van der Waals surface area (Å²) >= 11 is 1.53. The number of aromatic hydroxyl groups is 1. The summed E-state index contributed by atoms with van der Waals surface area (Å²) in [6.45, 7) is 1.88. The van der Waals surface area contributed by atoms with Crippen molar-refractivity contribution in [2.45, 2.75) is 6.92 Å². The van der Waals surface area contributed by atoms with Crippen molar-refractivity contribution in [3.63, 3.8) is 0 Å². The maximum atomic E-state index is 9.74. The van der Waals surface area contributed by atoms with E-state index in [0.717, 1.165) is 16.1 Å². The zero-order valence-electron chi connectivity index (χ0n) is 7.57. The Bertz CT molecular complexity index is 414. The van der Waals surface area contributed by atoms with E-state index in [1.54, 1.807) is 6.20 Å². The van der Waals surface area contributed by atoms with E-state index in [4.69, 9.17) is 0 Å². The number of thiazole rings is 1. The summed E-state index contributed by atoms with van der Waals surface area (Å²) in [5.41, 5.74) is 1.70. The number of hydrogen-bond donors (Lipinski definition) is 1. The fourth-order valence-electron chi connectivity index (χ4n) is 1.19. The minimum atomic E-state index is 0. The molecule has 0 amide bonds. The fourth-order valence-corrected chi connectivity index (χ4v) is 1.85. The van der Waals surface area contributed by atoms with Gasteiger partial charge in [-0.15, -0.1) is 11.3 Å². The maximum absolute atomic E-state index is 9.74. The summed E-state index contributed by atoms with van der Waals surface area (Å²) in [7, 11) is 0. The van der Waals surface area contributed by atoms with Gasteiger partial charge in [0.05, 0.1) is 5.56 Å². The normalized spacial score (nSPS) is 9.50. The Morgan fingerprint density at radius 3 is 2.79 bits per heavy atom. The Balaban J connectivity index is 0.000000980. The number of phenols is 1. The molecule has 1 aromatic carbocycles. The van der Waals surface area contributed by atoms with Gasteiger partial charge in [0.25, 0.3) is 0 Å². The minimum absolute atomic E-state index is 0. The van der Waals surface area contributed by atoms with Gasteiger partial charge in [-0.2, -0.15) is 0 Å². The molecular formula is C10H9MnNOS. The fraction of sp³-hybridized carbons (Fsp3) is 0.100. The first-order valence-corrected chi connectivity index (χ1v) is 4.85. The molecule has 73 valence electrons. The molecule has 2 aromatic rings. The third-order valence-corrected chi connectivity index (χ3v) is 2.71. The molecule has 0 aliphatic carbocycles. The van der Waals surface area contributed by atoms with Crippen LogP contribution in [0.4, 0.5) is 0 Å². The third kappa shape index (κ3) is 1.98. The van der Waals surface area contributed by atoms with Gasteiger partial charge in [-0.05, 0) is 18.6 Å². The summed E-state index contributed by atoms with van der Waals surface area (Å²) in [5.74, 6) is 0.331. The second kappa shape index (κ2) is 4.60. The Morgan fingerprint density at radius 2 is 2.14 bits per heavy atom. The number of benzene rings is 1. The number of para-hydroxylation sites is 1. The number of aromatic nitrogens is 1. The molecule has 0 bridgehead atoms. The molecule has 0 saturated carbocycles. The molecule has 0 spiro atoms. The van der Waals surface area contributed by atoms with Crippen molar-refractivity contribution in [3.05, 3.63) is 35.3 Å². The van der Waals surface area contributed by atoms with E-state index in [0.29, 0.717) is 5.75 Å². The van der Waals surface area contributed by atoms with Crippen molar-refractivity contribution >= 4 is 11.3 Å². The number of rotatable bonds is 1. The summed E-state index contributed by atoms with van der Waals surface area (Å²) in [4.78, 5) is 4.15. The van der Waals surface area contributed by atoms with Gasteiger partial charge in [0.2, 0.25) is 0 Å². The van der Waals surface area contributed by atoms with E-state index >= 15 is 0 Å². The molecule has 2 nitrogen and oxygen atoms in total. The third-order valence-electron chi connectivity index (χ3n) is 1.90. The molecule has 1 aromatic heterocycles. The molecule has 1 N–H and O–H groups in total. The Labute approximate surface area is 97.1 Å². The Morgan fingerprint density at radius 1 is 1.36 bits per heavy atom. The predicted molar refractivity (Wildman–Crippen MR) is 54.0 cm³/mol. The smallest absolute Gasteiger partial charge is 0.128 e. The first-order valence-electron chi connectivity index (χ1n) is 3.97. The van der Waals surface area contributed by atoms with Crippen LogP contribution in [0, 0.1) is 6.92 Å². The second-order valence-electron chi connectivity index (χ2n) is 2.81. The topological polar surface area (TPSA) is 33.1 Å². The van der Waals surface area contributed by atoms with Gasteiger partial charge in [0, 0.05) is 28.6 Å². The Hall–Kier alpha value is -0.831. The molecule has 0 aliphatic rings. The molecule has 1 heterocycles. The summed E-state index contributed by atoms with van der Waals surface area (Å²) in [6, 6.07) is 5.68. The maximum Gasteiger partial charge on any atom is 0.128 e. The number of nitrogens with zero attached hydrogens (tertiary/aromatic N) is 1. The monoisotopic (exact) mass is 246 g/mol. The van der Waals surface area contributed by atoms with Gasteiger partial charge >= 0.3 is 0 Å². The molecule has 4 heteroatoms. The van der Waals surface area contributed by atoms with E-state index in [2.05, 4.69) is 4.98 Å². The standard InChI is InChI=1S/C10H9NOS.Mn/c1-7-3-2-4-8(9(7)12)10-11-5-6-13-10;/h2-6,12H,1H3;. The van der Waals surface area contributed by atoms with Gasteiger partial charge in [0.1, 0.15) is 10.8 Å². The minimum Gasteiger partial charge on any atom is -0.507 e. The van der Waals surface area contributed by atoms with Gasteiger partial charge in [-0.25, -0.2) is 4.98 Å². The van der Waals surface area contributed by atoms with Crippen LogP contribution >= 0.6 is 11.3 Å². The van der Waals surface area contributed by atoms with Crippen molar-refractivity contribution in [1.82, 2.24) is 4.98 Å². The van der Waals surface area contributed by atoms with Crippen LogP contribution in [0.2, 0.25) is 0 Å². The molecule has 0 fully saturated rings. The average Bonchev–Trinajstić information content (AvgIpc) is 2.62. The van der Waals surface area contributed by atoms with E-state index < -0.39 is 0 Å². The summed E-state index contributed by atoms with van der Waals surface area (Å²) < 4.78 is 0. The van der Waals surface area contributed by atoms with Crippen LogP contribution in [0.1, 0.15) is 5.56 Å². The number of aryl methyl sites for hydroxylation is 1. The largest absolute Gasteiger partial charge is 0.507 e. The van der Waals surface area contributed by atoms with E-state index in [1.807, 2.05) is 30.5 Å². The van der Waals surface area contributed by atoms with Crippen LogP contribution in [0.25, 0.3) is 10.6 Å². The molecule has 0 atom stereocenters. The molecule has 0 saturated heterocycles. The van der Waals surface area contributed by atoms with Gasteiger partial charge in [0.15, 0.2) is 0 Å². The second-order valence-corrected chi connectivity index (χ2v) is 3.70.